The van der Waals surface area contributed by atoms with E-state index in [0.717, 1.165) is 16.7 Å². The maximum absolute atomic E-state index is 13.9. The predicted octanol–water partition coefficient (Wildman–Crippen LogP) is 5.28. The molecule has 2 aromatic carbocycles. The fraction of sp³-hybridized carbons (Fsp3) is 0.188. The van der Waals surface area contributed by atoms with Gasteiger partial charge in [-0.25, -0.2) is 4.39 Å². The summed E-state index contributed by atoms with van der Waals surface area (Å²) in [5, 5.41) is 0.329. The van der Waals surface area contributed by atoms with Gasteiger partial charge in [0.2, 0.25) is 0 Å². The van der Waals surface area contributed by atoms with Gasteiger partial charge >= 0.3 is 0 Å². The zero-order valence-electron chi connectivity index (χ0n) is 11.1. The molecule has 2 aromatic rings. The molecule has 0 aliphatic heterocycles. The standard InChI is InChI=1S/C16H13BrClFO/c1-9-3-4-10(2)11(5-9)6-16(20)12-7-14(18)13(17)8-15(12)19/h3-5,7-8H,6H2,1-2H3. The molecule has 20 heavy (non-hydrogen) atoms. The molecule has 0 spiro atoms. The summed E-state index contributed by atoms with van der Waals surface area (Å²) in [5.74, 6) is -0.831. The molecular formula is C16H13BrClFO. The molecule has 0 N–H and O–H groups in total. The van der Waals surface area contributed by atoms with Crippen LogP contribution in [0.1, 0.15) is 27.0 Å². The molecule has 4 heteroatoms. The van der Waals surface area contributed by atoms with Crippen LogP contribution >= 0.6 is 27.5 Å². The molecule has 0 saturated heterocycles. The molecule has 0 atom stereocenters. The van der Waals surface area contributed by atoms with E-state index in [2.05, 4.69) is 15.9 Å². The Kier molecular flexibility index (Phi) is 4.61. The molecule has 2 rings (SSSR count). The van der Waals surface area contributed by atoms with Crippen LogP contribution in [0.2, 0.25) is 5.02 Å². The average molecular weight is 356 g/mol. The Balaban J connectivity index is 2.33. The van der Waals surface area contributed by atoms with Crippen LogP contribution in [0.5, 0.6) is 0 Å². The smallest absolute Gasteiger partial charge is 0.170 e. The molecule has 0 heterocycles. The van der Waals surface area contributed by atoms with E-state index < -0.39 is 5.82 Å². The number of halogens is 3. The van der Waals surface area contributed by atoms with Crippen molar-refractivity contribution in [3.63, 3.8) is 0 Å². The van der Waals surface area contributed by atoms with Crippen molar-refractivity contribution < 1.29 is 9.18 Å². The highest BCUT2D eigenvalue weighted by Crippen LogP contribution is 2.26. The molecule has 0 amide bonds. The number of carbonyl (C=O) groups is 1. The molecule has 1 nitrogen and oxygen atoms in total. The Morgan fingerprint density at radius 1 is 1.25 bits per heavy atom. The molecule has 104 valence electrons. The Morgan fingerprint density at radius 2 is 1.95 bits per heavy atom. The lowest BCUT2D eigenvalue weighted by molar-refractivity contribution is 0.0989. The van der Waals surface area contributed by atoms with Crippen molar-refractivity contribution in [1.82, 2.24) is 0 Å². The van der Waals surface area contributed by atoms with Crippen molar-refractivity contribution in [3.05, 3.63) is 67.9 Å². The second-order valence-electron chi connectivity index (χ2n) is 4.78. The van der Waals surface area contributed by atoms with Gasteiger partial charge in [0, 0.05) is 10.9 Å². The highest BCUT2D eigenvalue weighted by atomic mass is 79.9. The van der Waals surface area contributed by atoms with Crippen LogP contribution in [0.25, 0.3) is 0 Å². The maximum Gasteiger partial charge on any atom is 0.170 e. The minimum atomic E-state index is -0.559. The molecule has 0 aliphatic rings. The summed E-state index contributed by atoms with van der Waals surface area (Å²) in [6.07, 6.45) is 0.169. The van der Waals surface area contributed by atoms with Gasteiger partial charge in [0.05, 0.1) is 10.6 Å². The number of ketones is 1. The summed E-state index contributed by atoms with van der Waals surface area (Å²) < 4.78 is 14.3. The van der Waals surface area contributed by atoms with E-state index in [1.165, 1.54) is 12.1 Å². The van der Waals surface area contributed by atoms with Crippen LogP contribution in [0.3, 0.4) is 0 Å². The van der Waals surface area contributed by atoms with Gasteiger partial charge in [-0.05, 0) is 53.0 Å². The SMILES string of the molecule is Cc1ccc(C)c(CC(=O)c2cc(Cl)c(Br)cc2F)c1. The quantitative estimate of drug-likeness (QED) is 0.540. The van der Waals surface area contributed by atoms with Crippen LogP contribution in [-0.2, 0) is 6.42 Å². The fourth-order valence-electron chi connectivity index (χ4n) is 2.00. The van der Waals surface area contributed by atoms with Crippen molar-refractivity contribution in [2.24, 2.45) is 0 Å². The van der Waals surface area contributed by atoms with E-state index in [1.54, 1.807) is 0 Å². The summed E-state index contributed by atoms with van der Waals surface area (Å²) in [5.41, 5.74) is 3.04. The lowest BCUT2D eigenvalue weighted by atomic mass is 9.97. The number of benzene rings is 2. The van der Waals surface area contributed by atoms with E-state index in [0.29, 0.717) is 9.50 Å². The lowest BCUT2D eigenvalue weighted by Crippen LogP contribution is -2.07. The number of hydrogen-bond donors (Lipinski definition) is 0. The molecular weight excluding hydrogens is 343 g/mol. The fourth-order valence-corrected chi connectivity index (χ4v) is 2.47. The van der Waals surface area contributed by atoms with E-state index >= 15 is 0 Å². The van der Waals surface area contributed by atoms with Crippen LogP contribution in [0, 0.1) is 19.7 Å². The molecule has 0 radical (unpaired) electrons. The number of rotatable bonds is 3. The molecule has 0 aromatic heterocycles. The second-order valence-corrected chi connectivity index (χ2v) is 6.04. The third-order valence-corrected chi connectivity index (χ3v) is 4.36. The molecule has 0 saturated carbocycles. The van der Waals surface area contributed by atoms with Gasteiger partial charge in [0.15, 0.2) is 5.78 Å². The number of aryl methyl sites for hydroxylation is 2. The van der Waals surface area contributed by atoms with Crippen molar-refractivity contribution >= 4 is 33.3 Å². The van der Waals surface area contributed by atoms with Crippen molar-refractivity contribution in [2.75, 3.05) is 0 Å². The number of Topliss-reactive ketones (excluding diaryl/α,β-unsaturated/α-hetero) is 1. The topological polar surface area (TPSA) is 17.1 Å². The van der Waals surface area contributed by atoms with Crippen molar-refractivity contribution in [3.8, 4) is 0 Å². The van der Waals surface area contributed by atoms with Crippen LogP contribution < -0.4 is 0 Å². The Morgan fingerprint density at radius 3 is 2.65 bits per heavy atom. The van der Waals surface area contributed by atoms with Crippen LogP contribution in [-0.4, -0.2) is 5.78 Å². The summed E-state index contributed by atoms with van der Waals surface area (Å²) in [6.45, 7) is 3.90. The summed E-state index contributed by atoms with van der Waals surface area (Å²) in [6, 6.07) is 8.49. The van der Waals surface area contributed by atoms with E-state index in [4.69, 9.17) is 11.6 Å². The third kappa shape index (κ3) is 3.28. The lowest BCUT2D eigenvalue weighted by Gasteiger charge is -2.08. The van der Waals surface area contributed by atoms with Gasteiger partial charge in [-0.15, -0.1) is 0 Å². The summed E-state index contributed by atoms with van der Waals surface area (Å²) in [7, 11) is 0. The van der Waals surface area contributed by atoms with Crippen molar-refractivity contribution in [1.29, 1.82) is 0 Å². The summed E-state index contributed by atoms with van der Waals surface area (Å²) in [4.78, 5) is 12.2. The third-order valence-electron chi connectivity index (χ3n) is 3.17. The Hall–Kier alpha value is -1.19. The van der Waals surface area contributed by atoms with Gasteiger partial charge in [-0.1, -0.05) is 35.4 Å². The average Bonchev–Trinajstić information content (AvgIpc) is 2.38. The first kappa shape index (κ1) is 15.2. The number of carbonyl (C=O) groups excluding carboxylic acids is 1. The molecule has 0 bridgehead atoms. The van der Waals surface area contributed by atoms with Crippen LogP contribution in [0.15, 0.2) is 34.8 Å². The minimum absolute atomic E-state index is 0.0270. The van der Waals surface area contributed by atoms with Gasteiger partial charge in [0.1, 0.15) is 5.82 Å². The van der Waals surface area contributed by atoms with Gasteiger partial charge in [-0.3, -0.25) is 4.79 Å². The Labute approximate surface area is 130 Å². The monoisotopic (exact) mass is 354 g/mol. The largest absolute Gasteiger partial charge is 0.294 e. The maximum atomic E-state index is 13.9. The molecule has 0 fully saturated rings. The number of hydrogen-bond acceptors (Lipinski definition) is 1. The zero-order valence-corrected chi connectivity index (χ0v) is 13.5. The first-order valence-corrected chi connectivity index (χ1v) is 7.29. The van der Waals surface area contributed by atoms with E-state index in [-0.39, 0.29) is 17.8 Å². The Bertz CT molecular complexity index is 682. The second kappa shape index (κ2) is 6.06. The highest BCUT2D eigenvalue weighted by Gasteiger charge is 2.16. The van der Waals surface area contributed by atoms with Crippen LogP contribution in [0.4, 0.5) is 4.39 Å². The van der Waals surface area contributed by atoms with Gasteiger partial charge in [0.25, 0.3) is 0 Å². The minimum Gasteiger partial charge on any atom is -0.294 e. The van der Waals surface area contributed by atoms with E-state index in [1.807, 2.05) is 32.0 Å². The summed E-state index contributed by atoms with van der Waals surface area (Å²) >= 11 is 9.06. The predicted molar refractivity (Wildman–Crippen MR) is 83.1 cm³/mol. The first-order valence-electron chi connectivity index (χ1n) is 6.12. The van der Waals surface area contributed by atoms with Crippen molar-refractivity contribution in [2.45, 2.75) is 20.3 Å². The molecule has 0 unspecified atom stereocenters. The van der Waals surface area contributed by atoms with E-state index in [9.17, 15) is 9.18 Å². The highest BCUT2D eigenvalue weighted by molar-refractivity contribution is 9.10. The first-order chi connectivity index (χ1) is 9.38. The normalized spacial score (nSPS) is 10.7. The van der Waals surface area contributed by atoms with Gasteiger partial charge in [-0.2, -0.15) is 0 Å². The zero-order chi connectivity index (χ0) is 14.9. The molecule has 0 aliphatic carbocycles. The van der Waals surface area contributed by atoms with Gasteiger partial charge < -0.3 is 0 Å².